The zero-order chi connectivity index (χ0) is 11.8. The third-order valence-electron chi connectivity index (χ3n) is 2.85. The average molecular weight is 240 g/mol. The molecule has 0 N–H and O–H groups in total. The Morgan fingerprint density at radius 2 is 2.25 bits per heavy atom. The highest BCUT2D eigenvalue weighted by molar-refractivity contribution is 6.31. The molecular formula is C12H11ClFNO. The summed E-state index contributed by atoms with van der Waals surface area (Å²) in [6.07, 6.45) is 0.444. The summed E-state index contributed by atoms with van der Waals surface area (Å²) < 4.78 is 18.4. The van der Waals surface area contributed by atoms with E-state index in [-0.39, 0.29) is 5.82 Å². The van der Waals surface area contributed by atoms with Gasteiger partial charge in [0.25, 0.3) is 0 Å². The number of rotatable bonds is 2. The van der Waals surface area contributed by atoms with Gasteiger partial charge in [-0.15, -0.1) is 0 Å². The molecular weight excluding hydrogens is 229 g/mol. The molecule has 1 aliphatic heterocycles. The van der Waals surface area contributed by atoms with E-state index in [0.29, 0.717) is 35.8 Å². The largest absolute Gasteiger partial charge is 0.378 e. The highest BCUT2D eigenvalue weighted by Crippen LogP contribution is 2.34. The number of nitriles is 1. The molecule has 16 heavy (non-hydrogen) atoms. The van der Waals surface area contributed by atoms with Crippen molar-refractivity contribution < 1.29 is 9.13 Å². The van der Waals surface area contributed by atoms with Crippen molar-refractivity contribution in [1.82, 2.24) is 0 Å². The van der Waals surface area contributed by atoms with Crippen LogP contribution in [0.4, 0.5) is 4.39 Å². The van der Waals surface area contributed by atoms with Crippen molar-refractivity contribution in [3.05, 3.63) is 34.1 Å². The van der Waals surface area contributed by atoms with Gasteiger partial charge in [0.1, 0.15) is 11.2 Å². The number of ether oxygens (including phenoxy) is 1. The third kappa shape index (κ3) is 1.91. The van der Waals surface area contributed by atoms with Gasteiger partial charge in [-0.05, 0) is 36.6 Å². The fraction of sp³-hybridized carbons (Fsp3) is 0.417. The Morgan fingerprint density at radius 3 is 2.75 bits per heavy atom. The number of hydrogen-bond donors (Lipinski definition) is 0. The van der Waals surface area contributed by atoms with Crippen molar-refractivity contribution >= 4 is 11.6 Å². The Morgan fingerprint density at radius 1 is 1.56 bits per heavy atom. The van der Waals surface area contributed by atoms with E-state index < -0.39 is 5.41 Å². The fourth-order valence-corrected chi connectivity index (χ4v) is 2.03. The molecule has 1 fully saturated rings. The molecule has 2 rings (SSSR count). The molecule has 4 heteroatoms. The van der Waals surface area contributed by atoms with E-state index in [1.54, 1.807) is 13.0 Å². The smallest absolute Gasteiger partial charge is 0.126 e. The van der Waals surface area contributed by atoms with Gasteiger partial charge in [0.15, 0.2) is 0 Å². The Bertz CT molecular complexity index is 463. The number of halogens is 2. The summed E-state index contributed by atoms with van der Waals surface area (Å²) in [7, 11) is 0. The molecule has 0 amide bonds. The Kier molecular flexibility index (Phi) is 2.88. The third-order valence-corrected chi connectivity index (χ3v) is 3.20. The molecule has 0 aromatic heterocycles. The summed E-state index contributed by atoms with van der Waals surface area (Å²) in [6.45, 7) is 2.46. The first kappa shape index (κ1) is 11.4. The standard InChI is InChI=1S/C12H11ClFNO/c1-8-2-10(13)9(3-11(8)14)4-12(5-15)6-16-7-12/h2-3H,4,6-7H2,1H3. The zero-order valence-electron chi connectivity index (χ0n) is 8.89. The average Bonchev–Trinajstić information content (AvgIpc) is 2.19. The molecule has 1 aromatic rings. The normalized spacial score (nSPS) is 17.6. The van der Waals surface area contributed by atoms with Gasteiger partial charge < -0.3 is 4.74 Å². The van der Waals surface area contributed by atoms with E-state index in [0.717, 1.165) is 0 Å². The predicted octanol–water partition coefficient (Wildman–Crippen LogP) is 2.87. The van der Waals surface area contributed by atoms with Gasteiger partial charge in [-0.2, -0.15) is 5.26 Å². The lowest BCUT2D eigenvalue weighted by Crippen LogP contribution is -2.43. The lowest BCUT2D eigenvalue weighted by Gasteiger charge is -2.35. The van der Waals surface area contributed by atoms with Crippen LogP contribution in [0, 0.1) is 29.5 Å². The molecule has 84 valence electrons. The minimum atomic E-state index is -0.522. The minimum Gasteiger partial charge on any atom is -0.378 e. The van der Waals surface area contributed by atoms with Crippen LogP contribution in [0.1, 0.15) is 11.1 Å². The lowest BCUT2D eigenvalue weighted by atomic mass is 9.81. The van der Waals surface area contributed by atoms with Crippen molar-refractivity contribution in [2.75, 3.05) is 13.2 Å². The van der Waals surface area contributed by atoms with Crippen LogP contribution < -0.4 is 0 Å². The number of nitrogens with zero attached hydrogens (tertiary/aromatic N) is 1. The quantitative estimate of drug-likeness (QED) is 0.795. The van der Waals surface area contributed by atoms with Crippen LogP contribution in [-0.2, 0) is 11.2 Å². The second kappa shape index (κ2) is 4.04. The van der Waals surface area contributed by atoms with E-state index in [9.17, 15) is 4.39 Å². The molecule has 0 spiro atoms. The van der Waals surface area contributed by atoms with Crippen molar-refractivity contribution in [2.24, 2.45) is 5.41 Å². The zero-order valence-corrected chi connectivity index (χ0v) is 9.64. The van der Waals surface area contributed by atoms with Gasteiger partial charge in [0.2, 0.25) is 0 Å². The molecule has 2 nitrogen and oxygen atoms in total. The van der Waals surface area contributed by atoms with Gasteiger partial charge in [-0.1, -0.05) is 11.6 Å². The number of hydrogen-bond acceptors (Lipinski definition) is 2. The van der Waals surface area contributed by atoms with E-state index in [1.807, 2.05) is 0 Å². The monoisotopic (exact) mass is 239 g/mol. The van der Waals surface area contributed by atoms with Crippen molar-refractivity contribution in [3.8, 4) is 6.07 Å². The summed E-state index contributed by atoms with van der Waals surface area (Å²) in [5.74, 6) is -0.285. The molecule has 1 aliphatic rings. The molecule has 0 atom stereocenters. The molecule has 1 saturated heterocycles. The summed E-state index contributed by atoms with van der Waals surface area (Å²) in [6, 6.07) is 5.22. The highest BCUT2D eigenvalue weighted by Gasteiger charge is 2.39. The van der Waals surface area contributed by atoms with Crippen LogP contribution in [0.25, 0.3) is 0 Å². The number of benzene rings is 1. The first-order chi connectivity index (χ1) is 7.56. The molecule has 0 saturated carbocycles. The lowest BCUT2D eigenvalue weighted by molar-refractivity contribution is -0.0765. The predicted molar refractivity (Wildman–Crippen MR) is 58.7 cm³/mol. The second-order valence-electron chi connectivity index (χ2n) is 4.25. The summed E-state index contributed by atoms with van der Waals surface area (Å²) in [4.78, 5) is 0. The van der Waals surface area contributed by atoms with Gasteiger partial charge in [-0.3, -0.25) is 0 Å². The first-order valence-electron chi connectivity index (χ1n) is 5.00. The van der Waals surface area contributed by atoms with Crippen LogP contribution in [0.15, 0.2) is 12.1 Å². The molecule has 0 unspecified atom stereocenters. The van der Waals surface area contributed by atoms with E-state index >= 15 is 0 Å². The van der Waals surface area contributed by atoms with Crippen LogP contribution in [-0.4, -0.2) is 13.2 Å². The van der Waals surface area contributed by atoms with Crippen LogP contribution in [0.5, 0.6) is 0 Å². The van der Waals surface area contributed by atoms with Gasteiger partial charge in [-0.25, -0.2) is 4.39 Å². The van der Waals surface area contributed by atoms with Crippen molar-refractivity contribution in [3.63, 3.8) is 0 Å². The topological polar surface area (TPSA) is 33.0 Å². The van der Waals surface area contributed by atoms with Crippen molar-refractivity contribution in [2.45, 2.75) is 13.3 Å². The second-order valence-corrected chi connectivity index (χ2v) is 4.66. The van der Waals surface area contributed by atoms with Crippen LogP contribution >= 0.6 is 11.6 Å². The SMILES string of the molecule is Cc1cc(Cl)c(CC2(C#N)COC2)cc1F. The molecule has 1 heterocycles. The van der Waals surface area contributed by atoms with Crippen LogP contribution in [0.2, 0.25) is 5.02 Å². The molecule has 1 aromatic carbocycles. The fourth-order valence-electron chi connectivity index (χ4n) is 1.74. The Labute approximate surface area is 98.6 Å². The maximum absolute atomic E-state index is 13.4. The first-order valence-corrected chi connectivity index (χ1v) is 5.38. The van der Waals surface area contributed by atoms with Crippen molar-refractivity contribution in [1.29, 1.82) is 5.26 Å². The van der Waals surface area contributed by atoms with Gasteiger partial charge in [0, 0.05) is 5.02 Å². The summed E-state index contributed by atoms with van der Waals surface area (Å²) in [5, 5.41) is 9.56. The molecule has 0 aliphatic carbocycles. The minimum absolute atomic E-state index is 0.285. The van der Waals surface area contributed by atoms with Gasteiger partial charge in [0.05, 0.1) is 19.3 Å². The Hall–Kier alpha value is -1.11. The van der Waals surface area contributed by atoms with E-state index in [2.05, 4.69) is 6.07 Å². The maximum Gasteiger partial charge on any atom is 0.126 e. The van der Waals surface area contributed by atoms with Gasteiger partial charge >= 0.3 is 0 Å². The summed E-state index contributed by atoms with van der Waals surface area (Å²) >= 11 is 6.03. The van der Waals surface area contributed by atoms with E-state index in [1.165, 1.54) is 6.07 Å². The maximum atomic E-state index is 13.4. The molecule has 0 radical (unpaired) electrons. The number of aryl methyl sites for hydroxylation is 1. The highest BCUT2D eigenvalue weighted by atomic mass is 35.5. The Balaban J connectivity index is 2.28. The van der Waals surface area contributed by atoms with Crippen LogP contribution in [0.3, 0.4) is 0 Å². The summed E-state index contributed by atoms with van der Waals surface area (Å²) in [5.41, 5.74) is 0.671. The van der Waals surface area contributed by atoms with E-state index in [4.69, 9.17) is 21.6 Å². The molecule has 0 bridgehead atoms.